The molecule has 2 nitrogen and oxygen atoms in total. The van der Waals surface area contributed by atoms with Gasteiger partial charge in [-0.1, -0.05) is 22.9 Å². The molecule has 0 aliphatic rings. The fourth-order valence-corrected chi connectivity index (χ4v) is 2.57. The van der Waals surface area contributed by atoms with Gasteiger partial charge in [0.1, 0.15) is 5.82 Å². The van der Waals surface area contributed by atoms with Gasteiger partial charge >= 0.3 is 0 Å². The van der Waals surface area contributed by atoms with E-state index in [1.807, 2.05) is 25.1 Å². The van der Waals surface area contributed by atoms with Crippen LogP contribution in [0.5, 0.6) is 0 Å². The highest BCUT2D eigenvalue weighted by Crippen LogP contribution is 2.23. The van der Waals surface area contributed by atoms with E-state index < -0.39 is 0 Å². The van der Waals surface area contributed by atoms with Gasteiger partial charge in [-0.2, -0.15) is 0 Å². The molecule has 1 aromatic carbocycles. The highest BCUT2D eigenvalue weighted by molar-refractivity contribution is 9.10. The van der Waals surface area contributed by atoms with E-state index in [0.29, 0.717) is 0 Å². The van der Waals surface area contributed by atoms with Crippen LogP contribution >= 0.6 is 15.9 Å². The third kappa shape index (κ3) is 4.11. The number of aromatic nitrogens is 1. The Morgan fingerprint density at radius 3 is 2.63 bits per heavy atom. The van der Waals surface area contributed by atoms with Crippen LogP contribution < -0.4 is 5.32 Å². The lowest BCUT2D eigenvalue weighted by atomic mass is 9.99. The summed E-state index contributed by atoms with van der Waals surface area (Å²) in [5, 5.41) is 3.39. The average molecular weight is 323 g/mol. The molecule has 4 heteroatoms. The lowest BCUT2D eigenvalue weighted by Gasteiger charge is -2.19. The predicted octanol–water partition coefficient (Wildman–Crippen LogP) is 3.88. The minimum Gasteiger partial charge on any atom is -0.310 e. The van der Waals surface area contributed by atoms with Crippen molar-refractivity contribution in [2.24, 2.45) is 0 Å². The molecule has 19 heavy (non-hydrogen) atoms. The maximum absolute atomic E-state index is 13.5. The van der Waals surface area contributed by atoms with Gasteiger partial charge in [0.25, 0.3) is 0 Å². The summed E-state index contributed by atoms with van der Waals surface area (Å²) in [6.45, 7) is 2.89. The first-order valence-electron chi connectivity index (χ1n) is 6.27. The highest BCUT2D eigenvalue weighted by Gasteiger charge is 2.12. The van der Waals surface area contributed by atoms with Gasteiger partial charge in [-0.25, -0.2) is 4.39 Å². The number of likely N-dealkylation sites (N-methyl/N-ethyl adjacent to an activating group) is 1. The SMILES string of the molecule is CCNC(Cc1ccncc1)c1cc(F)cc(Br)c1. The molecular weight excluding hydrogens is 307 g/mol. The van der Waals surface area contributed by atoms with Crippen molar-refractivity contribution in [3.05, 3.63) is 64.1 Å². The Labute approximate surface area is 121 Å². The standard InChI is InChI=1S/C15H16BrFN2/c1-2-19-15(7-11-3-5-18-6-4-11)12-8-13(16)10-14(17)9-12/h3-6,8-10,15,19H,2,7H2,1H3. The zero-order valence-corrected chi connectivity index (χ0v) is 12.3. The van der Waals surface area contributed by atoms with E-state index in [1.54, 1.807) is 18.5 Å². The molecule has 0 spiro atoms. The zero-order chi connectivity index (χ0) is 13.7. The molecule has 0 saturated carbocycles. The topological polar surface area (TPSA) is 24.9 Å². The Morgan fingerprint density at radius 1 is 1.26 bits per heavy atom. The average Bonchev–Trinajstić information content (AvgIpc) is 2.38. The molecule has 1 aromatic heterocycles. The van der Waals surface area contributed by atoms with E-state index in [0.717, 1.165) is 23.0 Å². The van der Waals surface area contributed by atoms with E-state index in [2.05, 4.69) is 26.2 Å². The van der Waals surface area contributed by atoms with E-state index in [-0.39, 0.29) is 11.9 Å². The molecule has 100 valence electrons. The first-order chi connectivity index (χ1) is 9.19. The summed E-state index contributed by atoms with van der Waals surface area (Å²) in [6, 6.07) is 9.08. The van der Waals surface area contributed by atoms with Crippen molar-refractivity contribution in [1.82, 2.24) is 10.3 Å². The highest BCUT2D eigenvalue weighted by atomic mass is 79.9. The van der Waals surface area contributed by atoms with Gasteiger partial charge < -0.3 is 5.32 Å². The Balaban J connectivity index is 2.24. The Kier molecular flexibility index (Phi) is 5.05. The minimum atomic E-state index is -0.220. The second-order valence-corrected chi connectivity index (χ2v) is 5.29. The summed E-state index contributed by atoms with van der Waals surface area (Å²) in [5.74, 6) is -0.220. The lowest BCUT2D eigenvalue weighted by molar-refractivity contribution is 0.542. The Bertz CT molecular complexity index is 511. The van der Waals surface area contributed by atoms with Crippen molar-refractivity contribution in [3.63, 3.8) is 0 Å². The van der Waals surface area contributed by atoms with E-state index in [9.17, 15) is 4.39 Å². The molecule has 0 fully saturated rings. The van der Waals surface area contributed by atoms with Crippen molar-refractivity contribution >= 4 is 15.9 Å². The van der Waals surface area contributed by atoms with Crippen LogP contribution in [0.2, 0.25) is 0 Å². The summed E-state index contributed by atoms with van der Waals surface area (Å²) >= 11 is 3.34. The second kappa shape index (κ2) is 6.78. The third-order valence-electron chi connectivity index (χ3n) is 2.93. The van der Waals surface area contributed by atoms with Crippen molar-refractivity contribution in [1.29, 1.82) is 0 Å². The first-order valence-corrected chi connectivity index (χ1v) is 7.06. The second-order valence-electron chi connectivity index (χ2n) is 4.37. The largest absolute Gasteiger partial charge is 0.310 e. The Hall–Kier alpha value is -1.26. The van der Waals surface area contributed by atoms with E-state index in [4.69, 9.17) is 0 Å². The summed E-state index contributed by atoms with van der Waals surface area (Å²) in [6.07, 6.45) is 4.37. The number of nitrogens with zero attached hydrogens (tertiary/aromatic N) is 1. The molecule has 0 saturated heterocycles. The number of halogens is 2. The van der Waals surface area contributed by atoms with Crippen LogP contribution in [0.1, 0.15) is 24.1 Å². The molecule has 1 atom stereocenters. The molecule has 0 aliphatic carbocycles. The number of hydrogen-bond acceptors (Lipinski definition) is 2. The van der Waals surface area contributed by atoms with Crippen LogP contribution in [0.25, 0.3) is 0 Å². The van der Waals surface area contributed by atoms with Crippen LogP contribution in [0.3, 0.4) is 0 Å². The molecule has 0 radical (unpaired) electrons. The van der Waals surface area contributed by atoms with Crippen molar-refractivity contribution in [2.45, 2.75) is 19.4 Å². The van der Waals surface area contributed by atoms with Gasteiger partial charge in [-0.05, 0) is 54.4 Å². The molecule has 0 aliphatic heterocycles. The smallest absolute Gasteiger partial charge is 0.124 e. The van der Waals surface area contributed by atoms with Gasteiger partial charge in [0, 0.05) is 22.9 Å². The fourth-order valence-electron chi connectivity index (χ4n) is 2.09. The van der Waals surface area contributed by atoms with E-state index in [1.165, 1.54) is 11.6 Å². The molecule has 2 aromatic rings. The van der Waals surface area contributed by atoms with Gasteiger partial charge in [-0.3, -0.25) is 4.98 Å². The minimum absolute atomic E-state index is 0.0967. The molecule has 0 amide bonds. The number of pyridine rings is 1. The number of rotatable bonds is 5. The van der Waals surface area contributed by atoms with Gasteiger partial charge in [0.2, 0.25) is 0 Å². The fraction of sp³-hybridized carbons (Fsp3) is 0.267. The number of hydrogen-bond donors (Lipinski definition) is 1. The van der Waals surface area contributed by atoms with Crippen LogP contribution in [-0.2, 0) is 6.42 Å². The quantitative estimate of drug-likeness (QED) is 0.903. The predicted molar refractivity (Wildman–Crippen MR) is 78.5 cm³/mol. The van der Waals surface area contributed by atoms with Crippen molar-refractivity contribution in [3.8, 4) is 0 Å². The molecular formula is C15H16BrFN2. The molecule has 0 bridgehead atoms. The molecule has 1 unspecified atom stereocenters. The lowest BCUT2D eigenvalue weighted by Crippen LogP contribution is -2.23. The van der Waals surface area contributed by atoms with Gasteiger partial charge in [0.15, 0.2) is 0 Å². The number of nitrogens with one attached hydrogen (secondary N) is 1. The summed E-state index contributed by atoms with van der Waals surface area (Å²) in [7, 11) is 0. The third-order valence-corrected chi connectivity index (χ3v) is 3.38. The normalized spacial score (nSPS) is 12.4. The number of benzene rings is 1. The zero-order valence-electron chi connectivity index (χ0n) is 10.7. The van der Waals surface area contributed by atoms with Gasteiger partial charge in [0.05, 0.1) is 0 Å². The summed E-state index contributed by atoms with van der Waals surface area (Å²) < 4.78 is 14.3. The summed E-state index contributed by atoms with van der Waals surface area (Å²) in [5.41, 5.74) is 2.13. The van der Waals surface area contributed by atoms with Crippen LogP contribution in [0.4, 0.5) is 4.39 Å². The Morgan fingerprint density at radius 2 is 2.00 bits per heavy atom. The maximum atomic E-state index is 13.5. The maximum Gasteiger partial charge on any atom is 0.124 e. The van der Waals surface area contributed by atoms with Crippen molar-refractivity contribution in [2.75, 3.05) is 6.54 Å². The van der Waals surface area contributed by atoms with Crippen LogP contribution in [0, 0.1) is 5.82 Å². The monoisotopic (exact) mass is 322 g/mol. The van der Waals surface area contributed by atoms with Crippen molar-refractivity contribution < 1.29 is 4.39 Å². The van der Waals surface area contributed by atoms with E-state index >= 15 is 0 Å². The molecule has 1 heterocycles. The molecule has 2 rings (SSSR count). The van der Waals surface area contributed by atoms with Crippen LogP contribution in [0.15, 0.2) is 47.2 Å². The summed E-state index contributed by atoms with van der Waals surface area (Å²) in [4.78, 5) is 4.01. The molecule has 1 N–H and O–H groups in total. The van der Waals surface area contributed by atoms with Gasteiger partial charge in [-0.15, -0.1) is 0 Å². The first kappa shape index (κ1) is 14.2. The van der Waals surface area contributed by atoms with Crippen LogP contribution in [-0.4, -0.2) is 11.5 Å².